The van der Waals surface area contributed by atoms with Gasteiger partial charge >= 0.3 is 5.97 Å². The number of hydrogen-bond donors (Lipinski definition) is 2. The first kappa shape index (κ1) is 14.9. The van der Waals surface area contributed by atoms with Crippen LogP contribution in [0.15, 0.2) is 12.3 Å². The van der Waals surface area contributed by atoms with Gasteiger partial charge in [0.05, 0.1) is 6.54 Å². The van der Waals surface area contributed by atoms with Crippen LogP contribution >= 0.6 is 0 Å². The molecule has 1 aromatic heterocycles. The molecule has 0 aromatic carbocycles. The monoisotopic (exact) mass is 269 g/mol. The molecule has 0 unspecified atom stereocenters. The highest BCUT2D eigenvalue weighted by Crippen LogP contribution is 2.19. The van der Waals surface area contributed by atoms with Crippen molar-refractivity contribution < 1.29 is 19.1 Å². The van der Waals surface area contributed by atoms with Crippen molar-refractivity contribution in [2.75, 3.05) is 25.0 Å². The van der Waals surface area contributed by atoms with Crippen molar-refractivity contribution in [1.29, 1.82) is 0 Å². The van der Waals surface area contributed by atoms with Gasteiger partial charge in [-0.15, -0.1) is 0 Å². The molecule has 0 radical (unpaired) electrons. The molecule has 1 amide bonds. The van der Waals surface area contributed by atoms with Gasteiger partial charge in [-0.1, -0.05) is 6.92 Å². The van der Waals surface area contributed by atoms with E-state index in [-0.39, 0.29) is 18.3 Å². The molecule has 1 heterocycles. The number of hydrogen-bond acceptors (Lipinski definition) is 4. The number of carbonyl (C=O) groups is 2. The van der Waals surface area contributed by atoms with E-state index in [1.165, 1.54) is 18.1 Å². The van der Waals surface area contributed by atoms with Crippen molar-refractivity contribution in [3.8, 4) is 0 Å². The minimum Gasteiger partial charge on any atom is -0.478 e. The van der Waals surface area contributed by atoms with Gasteiger partial charge in [0.25, 0.3) is 0 Å². The highest BCUT2D eigenvalue weighted by Gasteiger charge is 2.20. The SMILES string of the molecule is CCCN(CC(=O)NC)c1nccc(C(=O)O)c1F. The number of aromatic nitrogens is 1. The first-order valence-corrected chi connectivity index (χ1v) is 5.84. The average Bonchev–Trinajstić information content (AvgIpc) is 2.38. The van der Waals surface area contributed by atoms with E-state index in [2.05, 4.69) is 10.3 Å². The Kier molecular flexibility index (Phi) is 5.23. The van der Waals surface area contributed by atoms with Gasteiger partial charge in [0.15, 0.2) is 11.6 Å². The van der Waals surface area contributed by atoms with E-state index in [0.29, 0.717) is 13.0 Å². The van der Waals surface area contributed by atoms with Crippen LogP contribution in [0, 0.1) is 5.82 Å². The predicted octanol–water partition coefficient (Wildman–Crippen LogP) is 0.881. The van der Waals surface area contributed by atoms with Gasteiger partial charge in [-0.25, -0.2) is 14.2 Å². The number of likely N-dealkylation sites (N-methyl/N-ethyl adjacent to an activating group) is 1. The molecule has 19 heavy (non-hydrogen) atoms. The topological polar surface area (TPSA) is 82.5 Å². The second-order valence-electron chi connectivity index (χ2n) is 3.90. The second-order valence-corrected chi connectivity index (χ2v) is 3.90. The standard InChI is InChI=1S/C12H16FN3O3/c1-3-6-16(7-9(17)14-2)11-10(13)8(12(18)19)4-5-15-11/h4-5H,3,6-7H2,1-2H3,(H,14,17)(H,18,19). The van der Waals surface area contributed by atoms with Gasteiger partial charge in [0, 0.05) is 19.8 Å². The number of carboxylic acid groups (broad SMARTS) is 1. The van der Waals surface area contributed by atoms with Crippen LogP contribution in [-0.2, 0) is 4.79 Å². The Balaban J connectivity index is 3.11. The molecule has 0 aliphatic heterocycles. The minimum absolute atomic E-state index is 0.0721. The lowest BCUT2D eigenvalue weighted by molar-refractivity contribution is -0.119. The Labute approximate surface area is 110 Å². The second kappa shape index (κ2) is 6.67. The van der Waals surface area contributed by atoms with Crippen LogP contribution in [0.4, 0.5) is 10.2 Å². The summed E-state index contributed by atoms with van der Waals surface area (Å²) < 4.78 is 14.0. The fraction of sp³-hybridized carbons (Fsp3) is 0.417. The molecule has 1 rings (SSSR count). The molecular weight excluding hydrogens is 253 g/mol. The van der Waals surface area contributed by atoms with Gasteiger partial charge in [-0.05, 0) is 12.5 Å². The predicted molar refractivity (Wildman–Crippen MR) is 67.7 cm³/mol. The zero-order valence-corrected chi connectivity index (χ0v) is 10.8. The van der Waals surface area contributed by atoms with Crippen LogP contribution in [-0.4, -0.2) is 42.1 Å². The number of nitrogens with one attached hydrogen (secondary N) is 1. The fourth-order valence-electron chi connectivity index (χ4n) is 1.60. The number of carboxylic acids is 1. The average molecular weight is 269 g/mol. The third-order valence-electron chi connectivity index (χ3n) is 2.51. The van der Waals surface area contributed by atoms with E-state index >= 15 is 0 Å². The highest BCUT2D eigenvalue weighted by molar-refractivity contribution is 5.89. The summed E-state index contributed by atoms with van der Waals surface area (Å²) >= 11 is 0. The summed E-state index contributed by atoms with van der Waals surface area (Å²) in [5, 5.41) is 11.3. The molecule has 0 saturated heterocycles. The maximum absolute atomic E-state index is 14.0. The Bertz CT molecular complexity index is 479. The third-order valence-corrected chi connectivity index (χ3v) is 2.51. The molecule has 0 aliphatic carbocycles. The molecule has 7 heteroatoms. The minimum atomic E-state index is -1.36. The number of rotatable bonds is 6. The summed E-state index contributed by atoms with van der Waals surface area (Å²) in [6.07, 6.45) is 1.89. The number of anilines is 1. The van der Waals surface area contributed by atoms with Crippen LogP contribution in [0.25, 0.3) is 0 Å². The lowest BCUT2D eigenvalue weighted by atomic mass is 10.2. The molecular formula is C12H16FN3O3. The molecule has 1 aromatic rings. The van der Waals surface area contributed by atoms with E-state index in [0.717, 1.165) is 6.07 Å². The van der Waals surface area contributed by atoms with Crippen molar-refractivity contribution in [3.05, 3.63) is 23.6 Å². The van der Waals surface area contributed by atoms with Crippen LogP contribution in [0.1, 0.15) is 23.7 Å². The van der Waals surface area contributed by atoms with Gasteiger partial charge in [-0.3, -0.25) is 4.79 Å². The fourth-order valence-corrected chi connectivity index (χ4v) is 1.60. The number of amides is 1. The van der Waals surface area contributed by atoms with Crippen molar-refractivity contribution in [3.63, 3.8) is 0 Å². The van der Waals surface area contributed by atoms with Crippen molar-refractivity contribution >= 4 is 17.7 Å². The van der Waals surface area contributed by atoms with Crippen LogP contribution in [0.3, 0.4) is 0 Å². The van der Waals surface area contributed by atoms with E-state index in [9.17, 15) is 14.0 Å². The molecule has 2 N–H and O–H groups in total. The van der Waals surface area contributed by atoms with Crippen molar-refractivity contribution in [2.45, 2.75) is 13.3 Å². The van der Waals surface area contributed by atoms with Crippen LogP contribution in [0.5, 0.6) is 0 Å². The summed E-state index contributed by atoms with van der Waals surface area (Å²) in [4.78, 5) is 27.5. The molecule has 0 fully saturated rings. The summed E-state index contributed by atoms with van der Waals surface area (Å²) in [7, 11) is 1.48. The number of pyridine rings is 1. The Morgan fingerprint density at radius 2 is 2.21 bits per heavy atom. The van der Waals surface area contributed by atoms with Gasteiger partial charge in [-0.2, -0.15) is 0 Å². The zero-order valence-electron chi connectivity index (χ0n) is 10.8. The first-order valence-electron chi connectivity index (χ1n) is 5.84. The maximum Gasteiger partial charge on any atom is 0.338 e. The van der Waals surface area contributed by atoms with Gasteiger partial charge < -0.3 is 15.3 Å². The Morgan fingerprint density at radius 3 is 2.74 bits per heavy atom. The van der Waals surface area contributed by atoms with E-state index in [4.69, 9.17) is 5.11 Å². The Morgan fingerprint density at radius 1 is 1.53 bits per heavy atom. The normalized spacial score (nSPS) is 10.1. The third kappa shape index (κ3) is 3.64. The van der Waals surface area contributed by atoms with E-state index in [1.807, 2.05) is 6.92 Å². The smallest absolute Gasteiger partial charge is 0.338 e. The first-order chi connectivity index (χ1) is 9.01. The quantitative estimate of drug-likeness (QED) is 0.801. The van der Waals surface area contributed by atoms with Crippen LogP contribution < -0.4 is 10.2 Å². The summed E-state index contributed by atoms with van der Waals surface area (Å²) in [5.74, 6) is -2.70. The summed E-state index contributed by atoms with van der Waals surface area (Å²) in [5.41, 5.74) is -0.456. The largest absolute Gasteiger partial charge is 0.478 e. The zero-order chi connectivity index (χ0) is 14.4. The molecule has 0 spiro atoms. The van der Waals surface area contributed by atoms with Crippen molar-refractivity contribution in [1.82, 2.24) is 10.3 Å². The summed E-state index contributed by atoms with van der Waals surface area (Å²) in [6.45, 7) is 2.20. The van der Waals surface area contributed by atoms with Crippen LogP contribution in [0.2, 0.25) is 0 Å². The molecule has 104 valence electrons. The molecule has 0 saturated carbocycles. The molecule has 6 nitrogen and oxygen atoms in total. The molecule has 0 aliphatic rings. The molecule has 0 bridgehead atoms. The number of aromatic carboxylic acids is 1. The highest BCUT2D eigenvalue weighted by atomic mass is 19.1. The molecule has 0 atom stereocenters. The number of nitrogens with zero attached hydrogens (tertiary/aromatic N) is 2. The van der Waals surface area contributed by atoms with Crippen molar-refractivity contribution in [2.24, 2.45) is 0 Å². The van der Waals surface area contributed by atoms with E-state index in [1.54, 1.807) is 0 Å². The number of carbonyl (C=O) groups excluding carboxylic acids is 1. The maximum atomic E-state index is 14.0. The number of halogens is 1. The van der Waals surface area contributed by atoms with Gasteiger partial charge in [0.2, 0.25) is 5.91 Å². The van der Waals surface area contributed by atoms with E-state index < -0.39 is 17.3 Å². The van der Waals surface area contributed by atoms with Gasteiger partial charge in [0.1, 0.15) is 5.56 Å². The Hall–Kier alpha value is -2.18. The lowest BCUT2D eigenvalue weighted by Gasteiger charge is -2.22. The lowest BCUT2D eigenvalue weighted by Crippen LogP contribution is -2.37. The summed E-state index contributed by atoms with van der Waals surface area (Å²) in [6, 6.07) is 1.09.